The van der Waals surface area contributed by atoms with Crippen molar-refractivity contribution >= 4 is 0 Å². The highest BCUT2D eigenvalue weighted by Gasteiger charge is 2.50. The van der Waals surface area contributed by atoms with E-state index in [1.54, 1.807) is 0 Å². The Morgan fingerprint density at radius 3 is 2.36 bits per heavy atom. The maximum atomic E-state index is 9.73. The molecule has 0 saturated heterocycles. The second-order valence-electron chi connectivity index (χ2n) is 5.05. The topological polar surface area (TPSA) is 20.2 Å². The molecule has 2 fully saturated rings. The summed E-state index contributed by atoms with van der Waals surface area (Å²) < 4.78 is 0. The van der Waals surface area contributed by atoms with Crippen LogP contribution < -0.4 is 0 Å². The second-order valence-corrected chi connectivity index (χ2v) is 5.05. The highest BCUT2D eigenvalue weighted by atomic mass is 16.3. The molecule has 2 saturated carbocycles. The quantitative estimate of drug-likeness (QED) is 0.660. The lowest BCUT2D eigenvalue weighted by atomic mass is 10.0. The number of aliphatic hydroxyl groups is 1. The molecular weight excluding hydrogens is 136 g/mol. The summed E-state index contributed by atoms with van der Waals surface area (Å²) in [6.45, 7) is 4.52. The van der Waals surface area contributed by atoms with Gasteiger partial charge in [0.05, 0.1) is 6.10 Å². The first-order valence-corrected chi connectivity index (χ1v) is 4.78. The van der Waals surface area contributed by atoms with E-state index in [9.17, 15) is 5.11 Å². The Kier molecular flexibility index (Phi) is 1.54. The Bertz CT molecular complexity index is 158. The third-order valence-corrected chi connectivity index (χ3v) is 3.33. The van der Waals surface area contributed by atoms with Gasteiger partial charge in [0.1, 0.15) is 0 Å². The average Bonchev–Trinajstić information content (AvgIpc) is 2.71. The Hall–Kier alpha value is -0.0400. The fourth-order valence-corrected chi connectivity index (χ4v) is 2.02. The molecule has 0 aromatic carbocycles. The molecule has 64 valence electrons. The van der Waals surface area contributed by atoms with Crippen molar-refractivity contribution in [3.8, 4) is 0 Å². The molecule has 0 spiro atoms. The molecule has 0 aromatic rings. The van der Waals surface area contributed by atoms with E-state index in [0.29, 0.717) is 11.3 Å². The fraction of sp³-hybridized carbons (Fsp3) is 1.00. The van der Waals surface area contributed by atoms with Gasteiger partial charge in [-0.3, -0.25) is 0 Å². The molecule has 2 atom stereocenters. The maximum absolute atomic E-state index is 9.73. The van der Waals surface area contributed by atoms with Crippen molar-refractivity contribution in [3.63, 3.8) is 0 Å². The average molecular weight is 154 g/mol. The van der Waals surface area contributed by atoms with E-state index < -0.39 is 0 Å². The van der Waals surface area contributed by atoms with Crippen LogP contribution in [-0.4, -0.2) is 11.2 Å². The highest BCUT2D eigenvalue weighted by Crippen LogP contribution is 2.55. The summed E-state index contributed by atoms with van der Waals surface area (Å²) in [7, 11) is 0. The predicted molar refractivity (Wildman–Crippen MR) is 45.2 cm³/mol. The van der Waals surface area contributed by atoms with Crippen molar-refractivity contribution < 1.29 is 5.11 Å². The van der Waals surface area contributed by atoms with E-state index in [1.165, 1.54) is 19.3 Å². The van der Waals surface area contributed by atoms with Crippen LogP contribution in [0.25, 0.3) is 0 Å². The summed E-state index contributed by atoms with van der Waals surface area (Å²) in [5.41, 5.74) is 0.453. The number of aliphatic hydroxyl groups excluding tert-OH is 1. The summed E-state index contributed by atoms with van der Waals surface area (Å²) in [5.74, 6) is 1.49. The minimum Gasteiger partial charge on any atom is -0.393 e. The summed E-state index contributed by atoms with van der Waals surface area (Å²) in [6, 6.07) is 0. The summed E-state index contributed by atoms with van der Waals surface area (Å²) in [4.78, 5) is 0. The van der Waals surface area contributed by atoms with Crippen molar-refractivity contribution in [2.45, 2.75) is 45.6 Å². The molecule has 2 rings (SSSR count). The molecule has 2 aliphatic rings. The first-order valence-electron chi connectivity index (χ1n) is 4.78. The number of rotatable bonds is 3. The number of hydrogen-bond acceptors (Lipinski definition) is 1. The van der Waals surface area contributed by atoms with Gasteiger partial charge in [-0.15, -0.1) is 0 Å². The van der Waals surface area contributed by atoms with Gasteiger partial charge in [-0.25, -0.2) is 0 Å². The van der Waals surface area contributed by atoms with Gasteiger partial charge in [0.25, 0.3) is 0 Å². The molecule has 1 nitrogen and oxygen atoms in total. The Balaban J connectivity index is 1.77. The van der Waals surface area contributed by atoms with E-state index in [4.69, 9.17) is 0 Å². The van der Waals surface area contributed by atoms with Crippen LogP contribution in [-0.2, 0) is 0 Å². The van der Waals surface area contributed by atoms with Crippen LogP contribution in [0.2, 0.25) is 0 Å². The molecule has 0 heterocycles. The minimum atomic E-state index is 0.0116. The highest BCUT2D eigenvalue weighted by molar-refractivity contribution is 5.00. The standard InChI is InChI=1S/C10H18O/c1-10(2)6-8(10)9(11)5-7-3-4-7/h7-9,11H,3-6H2,1-2H3. The van der Waals surface area contributed by atoms with Gasteiger partial charge in [0.2, 0.25) is 0 Å². The predicted octanol–water partition coefficient (Wildman–Crippen LogP) is 2.19. The van der Waals surface area contributed by atoms with E-state index in [-0.39, 0.29) is 6.10 Å². The zero-order valence-electron chi connectivity index (χ0n) is 7.51. The summed E-state index contributed by atoms with van der Waals surface area (Å²) >= 11 is 0. The molecule has 1 heteroatoms. The molecule has 11 heavy (non-hydrogen) atoms. The van der Waals surface area contributed by atoms with Gasteiger partial charge in [-0.1, -0.05) is 26.7 Å². The normalized spacial score (nSPS) is 36.8. The fourth-order valence-electron chi connectivity index (χ4n) is 2.02. The third-order valence-electron chi connectivity index (χ3n) is 3.33. The second kappa shape index (κ2) is 2.22. The van der Waals surface area contributed by atoms with Crippen LogP contribution in [0.1, 0.15) is 39.5 Å². The van der Waals surface area contributed by atoms with Crippen LogP contribution in [0.15, 0.2) is 0 Å². The van der Waals surface area contributed by atoms with Crippen molar-refractivity contribution in [3.05, 3.63) is 0 Å². The zero-order chi connectivity index (χ0) is 8.06. The molecule has 0 aliphatic heterocycles. The molecule has 0 amide bonds. The lowest BCUT2D eigenvalue weighted by Gasteiger charge is -2.10. The molecule has 0 aromatic heterocycles. The van der Waals surface area contributed by atoms with Gasteiger partial charge in [0.15, 0.2) is 0 Å². The lowest BCUT2D eigenvalue weighted by molar-refractivity contribution is 0.121. The maximum Gasteiger partial charge on any atom is 0.0576 e. The molecule has 0 radical (unpaired) electrons. The van der Waals surface area contributed by atoms with Gasteiger partial charge in [-0.2, -0.15) is 0 Å². The summed E-state index contributed by atoms with van der Waals surface area (Å²) in [6.07, 6.45) is 5.06. The molecular formula is C10H18O. The van der Waals surface area contributed by atoms with Crippen LogP contribution in [0.3, 0.4) is 0 Å². The van der Waals surface area contributed by atoms with Crippen LogP contribution in [0.5, 0.6) is 0 Å². The Morgan fingerprint density at radius 1 is 1.45 bits per heavy atom. The van der Waals surface area contributed by atoms with Crippen molar-refractivity contribution in [2.75, 3.05) is 0 Å². The van der Waals surface area contributed by atoms with E-state index in [2.05, 4.69) is 13.8 Å². The Labute approximate surface area is 68.8 Å². The first-order chi connectivity index (χ1) is 5.09. The van der Waals surface area contributed by atoms with Crippen LogP contribution in [0, 0.1) is 17.3 Å². The smallest absolute Gasteiger partial charge is 0.0576 e. The van der Waals surface area contributed by atoms with Gasteiger partial charge in [0, 0.05) is 0 Å². The van der Waals surface area contributed by atoms with E-state index in [1.807, 2.05) is 0 Å². The first kappa shape index (κ1) is 7.60. The molecule has 2 unspecified atom stereocenters. The van der Waals surface area contributed by atoms with Gasteiger partial charge >= 0.3 is 0 Å². The van der Waals surface area contributed by atoms with Crippen molar-refractivity contribution in [1.82, 2.24) is 0 Å². The van der Waals surface area contributed by atoms with Crippen molar-refractivity contribution in [2.24, 2.45) is 17.3 Å². The third kappa shape index (κ3) is 1.58. The molecule has 2 aliphatic carbocycles. The largest absolute Gasteiger partial charge is 0.393 e. The van der Waals surface area contributed by atoms with Crippen molar-refractivity contribution in [1.29, 1.82) is 0 Å². The lowest BCUT2D eigenvalue weighted by Crippen LogP contribution is -2.13. The van der Waals surface area contributed by atoms with Gasteiger partial charge in [-0.05, 0) is 30.1 Å². The van der Waals surface area contributed by atoms with E-state index >= 15 is 0 Å². The SMILES string of the molecule is CC1(C)CC1C(O)CC1CC1. The molecule has 1 N–H and O–H groups in total. The number of hydrogen-bond donors (Lipinski definition) is 1. The van der Waals surface area contributed by atoms with Crippen LogP contribution >= 0.6 is 0 Å². The zero-order valence-corrected chi connectivity index (χ0v) is 7.51. The monoisotopic (exact) mass is 154 g/mol. The summed E-state index contributed by atoms with van der Waals surface area (Å²) in [5, 5.41) is 9.73. The van der Waals surface area contributed by atoms with Crippen LogP contribution in [0.4, 0.5) is 0 Å². The van der Waals surface area contributed by atoms with Gasteiger partial charge < -0.3 is 5.11 Å². The minimum absolute atomic E-state index is 0.0116. The van der Waals surface area contributed by atoms with E-state index in [0.717, 1.165) is 12.3 Å². The Morgan fingerprint density at radius 2 is 2.00 bits per heavy atom. The molecule has 0 bridgehead atoms.